The number of carbonyl (C=O) groups is 1. The van der Waals surface area contributed by atoms with Crippen LogP contribution >= 0.6 is 0 Å². The predicted octanol–water partition coefficient (Wildman–Crippen LogP) is 8.61. The van der Waals surface area contributed by atoms with Gasteiger partial charge >= 0.3 is 12.1 Å². The van der Waals surface area contributed by atoms with Gasteiger partial charge in [0, 0.05) is 6.42 Å². The van der Waals surface area contributed by atoms with Gasteiger partial charge in [0.05, 0.1) is 11.2 Å². The highest BCUT2D eigenvalue weighted by molar-refractivity contribution is 5.66. The minimum absolute atomic E-state index is 0.188. The molecule has 4 aliphatic rings. The maximum atomic E-state index is 13.1. The highest BCUT2D eigenvalue weighted by atomic mass is 19.4. The first-order valence-corrected chi connectivity index (χ1v) is 15.1. The van der Waals surface area contributed by atoms with Crippen molar-refractivity contribution in [1.29, 1.82) is 0 Å². The van der Waals surface area contributed by atoms with E-state index in [0.29, 0.717) is 59.3 Å². The van der Waals surface area contributed by atoms with Crippen LogP contribution in [0.25, 0.3) is 6.08 Å². The number of aliphatic carboxylic acids is 1. The van der Waals surface area contributed by atoms with E-state index in [9.17, 15) is 28.2 Å². The monoisotopic (exact) mass is 546 g/mol. The molecule has 216 valence electrons. The largest absolute Gasteiger partial charge is 0.481 e. The van der Waals surface area contributed by atoms with Gasteiger partial charge in [-0.25, -0.2) is 0 Å². The minimum atomic E-state index is -4.38. The van der Waals surface area contributed by atoms with Gasteiger partial charge in [0.25, 0.3) is 0 Å². The van der Waals surface area contributed by atoms with Crippen molar-refractivity contribution in [3.63, 3.8) is 0 Å². The van der Waals surface area contributed by atoms with Crippen molar-refractivity contribution < 1.29 is 28.2 Å². The van der Waals surface area contributed by atoms with E-state index in [2.05, 4.69) is 20.8 Å². The van der Waals surface area contributed by atoms with Gasteiger partial charge in [-0.2, -0.15) is 13.2 Å². The van der Waals surface area contributed by atoms with Crippen LogP contribution in [0.3, 0.4) is 0 Å². The molecule has 0 aliphatic heterocycles. The quantitative estimate of drug-likeness (QED) is 0.376. The number of carboxylic acid groups (broad SMARTS) is 1. The highest BCUT2D eigenvalue weighted by Gasteiger charge is 2.61. The average Bonchev–Trinajstić information content (AvgIpc) is 3.24. The van der Waals surface area contributed by atoms with Crippen LogP contribution in [0.1, 0.15) is 103 Å². The second-order valence-electron chi connectivity index (χ2n) is 14.1. The van der Waals surface area contributed by atoms with Gasteiger partial charge < -0.3 is 10.2 Å². The van der Waals surface area contributed by atoms with Gasteiger partial charge in [0.2, 0.25) is 0 Å². The summed E-state index contributed by atoms with van der Waals surface area (Å²) in [7, 11) is 0. The third-order valence-electron chi connectivity index (χ3n) is 12.1. The zero-order chi connectivity index (χ0) is 28.2. The molecule has 0 bridgehead atoms. The summed E-state index contributed by atoms with van der Waals surface area (Å²) in [5, 5.41) is 20.7. The smallest absolute Gasteiger partial charge is 0.416 e. The van der Waals surface area contributed by atoms with Crippen LogP contribution in [-0.4, -0.2) is 21.8 Å². The zero-order valence-electron chi connectivity index (χ0n) is 23.6. The van der Waals surface area contributed by atoms with Gasteiger partial charge in [0.1, 0.15) is 0 Å². The molecule has 5 rings (SSSR count). The maximum absolute atomic E-state index is 13.1. The van der Waals surface area contributed by atoms with Gasteiger partial charge in [-0.3, -0.25) is 4.79 Å². The number of carboxylic acids is 1. The molecule has 0 heterocycles. The van der Waals surface area contributed by atoms with Crippen LogP contribution in [0.2, 0.25) is 0 Å². The van der Waals surface area contributed by atoms with E-state index >= 15 is 0 Å². The fourth-order valence-electron chi connectivity index (χ4n) is 10.0. The number of fused-ring (bicyclic) bond motifs is 5. The van der Waals surface area contributed by atoms with Crippen LogP contribution in [0.4, 0.5) is 13.2 Å². The van der Waals surface area contributed by atoms with Crippen molar-refractivity contribution in [3.8, 4) is 0 Å². The Labute approximate surface area is 231 Å². The first-order valence-electron chi connectivity index (χ1n) is 15.1. The SMILES string of the molecule is C[C@H](CCC(=O)O)[C@H]1CC[C@H]2[C@@H]3CC[C@@H]4C[C@](O)(/C=C/c5cccc(C(F)(F)F)c5)CC[C@]4(C)[C@H]3CC[C@]12C. The fraction of sp³-hybridized carbons (Fsp3) is 0.727. The van der Waals surface area contributed by atoms with E-state index in [1.165, 1.54) is 38.2 Å². The molecular weight excluding hydrogens is 501 g/mol. The van der Waals surface area contributed by atoms with Crippen LogP contribution in [0.15, 0.2) is 30.3 Å². The molecule has 4 saturated carbocycles. The summed E-state index contributed by atoms with van der Waals surface area (Å²) in [5.74, 6) is 2.82. The van der Waals surface area contributed by atoms with Gasteiger partial charge in [0.15, 0.2) is 0 Å². The lowest BCUT2D eigenvalue weighted by molar-refractivity contribution is -0.142. The molecule has 4 fully saturated rings. The van der Waals surface area contributed by atoms with E-state index in [-0.39, 0.29) is 11.8 Å². The highest BCUT2D eigenvalue weighted by Crippen LogP contribution is 2.69. The molecule has 0 spiro atoms. The Hall–Kier alpha value is -1.82. The second kappa shape index (κ2) is 10.2. The van der Waals surface area contributed by atoms with Crippen molar-refractivity contribution in [3.05, 3.63) is 41.5 Å². The van der Waals surface area contributed by atoms with Gasteiger partial charge in [-0.05, 0) is 128 Å². The maximum Gasteiger partial charge on any atom is 0.416 e. The van der Waals surface area contributed by atoms with Crippen LogP contribution in [-0.2, 0) is 11.0 Å². The lowest BCUT2D eigenvalue weighted by atomic mass is 9.43. The van der Waals surface area contributed by atoms with Gasteiger partial charge in [-0.1, -0.05) is 45.1 Å². The van der Waals surface area contributed by atoms with Crippen molar-refractivity contribution in [2.24, 2.45) is 46.3 Å². The molecule has 0 saturated heterocycles. The van der Waals surface area contributed by atoms with E-state index < -0.39 is 23.3 Å². The normalized spacial score (nSPS) is 41.1. The molecule has 1 aromatic rings. The number of hydrogen-bond donors (Lipinski definition) is 2. The number of rotatable bonds is 6. The average molecular weight is 547 g/mol. The summed E-state index contributed by atoms with van der Waals surface area (Å²) in [6.45, 7) is 7.21. The molecule has 3 nitrogen and oxygen atoms in total. The molecular formula is C33H45F3O3. The summed E-state index contributed by atoms with van der Waals surface area (Å²) < 4.78 is 39.4. The number of aliphatic hydroxyl groups is 1. The molecule has 2 N–H and O–H groups in total. The lowest BCUT2D eigenvalue weighted by Crippen LogP contribution is -2.55. The minimum Gasteiger partial charge on any atom is -0.481 e. The number of benzene rings is 1. The Morgan fingerprint density at radius 3 is 2.51 bits per heavy atom. The van der Waals surface area contributed by atoms with Crippen molar-refractivity contribution in [2.45, 2.75) is 103 Å². The third-order valence-corrected chi connectivity index (χ3v) is 12.1. The van der Waals surface area contributed by atoms with E-state index in [4.69, 9.17) is 0 Å². The van der Waals surface area contributed by atoms with Gasteiger partial charge in [-0.15, -0.1) is 0 Å². The summed E-state index contributed by atoms with van der Waals surface area (Å²) in [6.07, 6.45) is 9.53. The molecule has 0 radical (unpaired) electrons. The van der Waals surface area contributed by atoms with Crippen LogP contribution < -0.4 is 0 Å². The van der Waals surface area contributed by atoms with E-state index in [1.807, 2.05) is 0 Å². The fourth-order valence-corrected chi connectivity index (χ4v) is 10.0. The summed E-state index contributed by atoms with van der Waals surface area (Å²) >= 11 is 0. The Bertz CT molecular complexity index is 1100. The van der Waals surface area contributed by atoms with Crippen LogP contribution in [0.5, 0.6) is 0 Å². The topological polar surface area (TPSA) is 57.5 Å². The molecule has 0 amide bonds. The summed E-state index contributed by atoms with van der Waals surface area (Å²) in [4.78, 5) is 11.2. The third kappa shape index (κ3) is 5.31. The van der Waals surface area contributed by atoms with E-state index in [0.717, 1.165) is 31.4 Å². The molecule has 4 aliphatic carbocycles. The standard InChI is InChI=1S/C33H45F3O3/c1-21(7-12-29(37)38)26-10-11-27-25-9-8-24-20-32(39,16-13-22-5-4-6-23(19-22)33(34,35)36)18-17-30(24,2)28(25)14-15-31(26,27)3/h4-6,13,16,19,21,24-28,39H,7-12,14-15,17-18,20H2,1-3H3,(H,37,38)/b16-13+/t21-,24-,25+,26-,27+,28+,30+,31-,32+/m1/s1. The second-order valence-corrected chi connectivity index (χ2v) is 14.1. The summed E-state index contributed by atoms with van der Waals surface area (Å²) in [5.41, 5.74) is -0.693. The molecule has 9 atom stereocenters. The first-order chi connectivity index (χ1) is 18.3. The number of hydrogen-bond acceptors (Lipinski definition) is 2. The van der Waals surface area contributed by atoms with Crippen molar-refractivity contribution in [1.82, 2.24) is 0 Å². The molecule has 6 heteroatoms. The van der Waals surface area contributed by atoms with E-state index in [1.54, 1.807) is 18.2 Å². The Kier molecular flexibility index (Phi) is 7.52. The lowest BCUT2D eigenvalue weighted by Gasteiger charge is -2.62. The predicted molar refractivity (Wildman–Crippen MR) is 147 cm³/mol. The van der Waals surface area contributed by atoms with Crippen LogP contribution in [0, 0.1) is 46.3 Å². The zero-order valence-corrected chi connectivity index (χ0v) is 23.6. The number of alkyl halides is 3. The molecule has 0 aromatic heterocycles. The Morgan fingerprint density at radius 2 is 1.79 bits per heavy atom. The summed E-state index contributed by atoms with van der Waals surface area (Å²) in [6, 6.07) is 5.30. The number of halogens is 3. The molecule has 0 unspecified atom stereocenters. The Balaban J connectivity index is 1.28. The first kappa shape index (κ1) is 28.7. The van der Waals surface area contributed by atoms with Crippen molar-refractivity contribution >= 4 is 12.0 Å². The molecule has 1 aromatic carbocycles. The van der Waals surface area contributed by atoms with Crippen molar-refractivity contribution in [2.75, 3.05) is 0 Å². The Morgan fingerprint density at radius 1 is 1.05 bits per heavy atom. The molecule has 39 heavy (non-hydrogen) atoms.